The Labute approximate surface area is 134 Å². The number of hydrogen-bond donors (Lipinski definition) is 0. The maximum absolute atomic E-state index is 13.0. The zero-order valence-corrected chi connectivity index (χ0v) is 13.9. The van der Waals surface area contributed by atoms with E-state index < -0.39 is 0 Å². The number of carbonyl (C=O) groups excluding carboxylic acids is 2. The minimum absolute atomic E-state index is 0.198. The molecule has 0 N–H and O–H groups in total. The molecular weight excluding hydrogens is 272 g/mol. The van der Waals surface area contributed by atoms with E-state index in [9.17, 15) is 9.59 Å². The van der Waals surface area contributed by atoms with E-state index in [0.717, 1.165) is 25.7 Å². The summed E-state index contributed by atoms with van der Waals surface area (Å²) in [6, 6.07) is 0. The molecule has 122 valence electrons. The Hall–Kier alpha value is -0.660. The second-order valence-corrected chi connectivity index (χ2v) is 9.25. The first-order chi connectivity index (χ1) is 10.6. The standard InChI is InChI=1S/C20H30O2/c21-16-11-18(7-3-1-4-8-18)14-20(12-16)15-19(13-17(20)22)9-5-2-6-10-19/h1-15H2/t20-/m1/s1. The SMILES string of the molecule is O=C1CC2(CCCCC2)C[C@]2(C1)CC1(CCCCC1)CC2=O. The van der Waals surface area contributed by atoms with Gasteiger partial charge in [-0.3, -0.25) is 9.59 Å². The minimum atomic E-state index is -0.246. The number of carbonyl (C=O) groups is 2. The highest BCUT2D eigenvalue weighted by molar-refractivity contribution is 5.94. The van der Waals surface area contributed by atoms with Gasteiger partial charge < -0.3 is 0 Å². The molecule has 2 heteroatoms. The van der Waals surface area contributed by atoms with Crippen molar-refractivity contribution in [3.63, 3.8) is 0 Å². The van der Waals surface area contributed by atoms with Gasteiger partial charge in [0, 0.05) is 24.7 Å². The van der Waals surface area contributed by atoms with Crippen molar-refractivity contribution < 1.29 is 9.59 Å². The average Bonchev–Trinajstić information content (AvgIpc) is 2.70. The van der Waals surface area contributed by atoms with Crippen molar-refractivity contribution in [1.29, 1.82) is 0 Å². The van der Waals surface area contributed by atoms with E-state index in [1.807, 2.05) is 0 Å². The third-order valence-corrected chi connectivity index (χ3v) is 7.49. The molecule has 0 radical (unpaired) electrons. The molecule has 1 atom stereocenters. The Balaban J connectivity index is 1.62. The van der Waals surface area contributed by atoms with Crippen molar-refractivity contribution in [3.8, 4) is 0 Å². The van der Waals surface area contributed by atoms with Crippen LogP contribution in [0.15, 0.2) is 0 Å². The fraction of sp³-hybridized carbons (Fsp3) is 0.900. The summed E-state index contributed by atoms with van der Waals surface area (Å²) in [7, 11) is 0. The average molecular weight is 302 g/mol. The lowest BCUT2D eigenvalue weighted by molar-refractivity contribution is -0.141. The lowest BCUT2D eigenvalue weighted by Crippen LogP contribution is -2.44. The van der Waals surface area contributed by atoms with E-state index >= 15 is 0 Å². The summed E-state index contributed by atoms with van der Waals surface area (Å²) in [5.41, 5.74) is 0.232. The lowest BCUT2D eigenvalue weighted by atomic mass is 9.55. The Bertz CT molecular complexity index is 480. The van der Waals surface area contributed by atoms with Gasteiger partial charge in [0.25, 0.3) is 0 Å². The highest BCUT2D eigenvalue weighted by Gasteiger charge is 2.59. The van der Waals surface area contributed by atoms with Crippen LogP contribution in [0.5, 0.6) is 0 Å². The monoisotopic (exact) mass is 302 g/mol. The molecule has 4 aliphatic rings. The molecule has 0 amide bonds. The van der Waals surface area contributed by atoms with Gasteiger partial charge in [-0.2, -0.15) is 0 Å². The first-order valence-electron chi connectivity index (χ1n) is 9.61. The lowest BCUT2D eigenvalue weighted by Gasteiger charge is -2.48. The second kappa shape index (κ2) is 5.18. The van der Waals surface area contributed by atoms with Gasteiger partial charge in [0.05, 0.1) is 0 Å². The molecule has 3 spiro atoms. The van der Waals surface area contributed by atoms with Crippen molar-refractivity contribution in [2.75, 3.05) is 0 Å². The number of hydrogen-bond acceptors (Lipinski definition) is 2. The van der Waals surface area contributed by atoms with Gasteiger partial charge >= 0.3 is 0 Å². The maximum Gasteiger partial charge on any atom is 0.140 e. The summed E-state index contributed by atoms with van der Waals surface area (Å²) < 4.78 is 0. The summed E-state index contributed by atoms with van der Waals surface area (Å²) in [5, 5.41) is 0. The first-order valence-corrected chi connectivity index (χ1v) is 9.61. The molecular formula is C20H30O2. The van der Waals surface area contributed by atoms with Crippen molar-refractivity contribution in [2.45, 2.75) is 96.3 Å². The number of Topliss-reactive ketones (excluding diaryl/α,β-unsaturated/α-hetero) is 2. The molecule has 2 nitrogen and oxygen atoms in total. The summed E-state index contributed by atoms with van der Waals surface area (Å²) in [5.74, 6) is 0.863. The van der Waals surface area contributed by atoms with Crippen LogP contribution < -0.4 is 0 Å². The van der Waals surface area contributed by atoms with E-state index in [1.165, 1.54) is 64.2 Å². The highest BCUT2D eigenvalue weighted by Crippen LogP contribution is 2.63. The van der Waals surface area contributed by atoms with Gasteiger partial charge in [0.1, 0.15) is 11.6 Å². The minimum Gasteiger partial charge on any atom is -0.300 e. The number of rotatable bonds is 0. The summed E-state index contributed by atoms with van der Waals surface area (Å²) >= 11 is 0. The van der Waals surface area contributed by atoms with Gasteiger partial charge in [-0.25, -0.2) is 0 Å². The fourth-order valence-electron chi connectivity index (χ4n) is 6.74. The predicted molar refractivity (Wildman–Crippen MR) is 86.6 cm³/mol. The number of ketones is 2. The molecule has 0 aliphatic heterocycles. The molecule has 4 fully saturated rings. The van der Waals surface area contributed by atoms with Crippen LogP contribution in [0.1, 0.15) is 96.3 Å². The fourth-order valence-corrected chi connectivity index (χ4v) is 6.74. The van der Waals surface area contributed by atoms with Crippen molar-refractivity contribution in [2.24, 2.45) is 16.2 Å². The molecule has 22 heavy (non-hydrogen) atoms. The molecule has 0 heterocycles. The van der Waals surface area contributed by atoms with Crippen LogP contribution in [0.25, 0.3) is 0 Å². The van der Waals surface area contributed by atoms with Crippen LogP contribution in [-0.2, 0) is 9.59 Å². The van der Waals surface area contributed by atoms with Crippen LogP contribution in [0.4, 0.5) is 0 Å². The second-order valence-electron chi connectivity index (χ2n) is 9.25. The molecule has 0 bridgehead atoms. The molecule has 4 saturated carbocycles. The van der Waals surface area contributed by atoms with E-state index in [-0.39, 0.29) is 16.2 Å². The van der Waals surface area contributed by atoms with Crippen LogP contribution in [0, 0.1) is 16.2 Å². The Morgan fingerprint density at radius 1 is 0.591 bits per heavy atom. The van der Waals surface area contributed by atoms with Gasteiger partial charge in [-0.15, -0.1) is 0 Å². The zero-order chi connectivity index (χ0) is 15.3. The summed E-state index contributed by atoms with van der Waals surface area (Å²) in [6.45, 7) is 0. The predicted octanol–water partition coefficient (Wildman–Crippen LogP) is 4.99. The van der Waals surface area contributed by atoms with Gasteiger partial charge in [-0.1, -0.05) is 38.5 Å². The van der Waals surface area contributed by atoms with E-state index in [0.29, 0.717) is 18.0 Å². The third-order valence-electron chi connectivity index (χ3n) is 7.49. The zero-order valence-electron chi connectivity index (χ0n) is 13.9. The smallest absolute Gasteiger partial charge is 0.140 e. The van der Waals surface area contributed by atoms with E-state index in [1.54, 1.807) is 0 Å². The van der Waals surface area contributed by atoms with Crippen molar-refractivity contribution >= 4 is 11.6 Å². The normalized spacial score (nSPS) is 37.3. The quantitative estimate of drug-likeness (QED) is 0.631. The molecule has 0 unspecified atom stereocenters. The van der Waals surface area contributed by atoms with Crippen LogP contribution in [0.3, 0.4) is 0 Å². The molecule has 4 aliphatic carbocycles. The van der Waals surface area contributed by atoms with Gasteiger partial charge in [0.2, 0.25) is 0 Å². The van der Waals surface area contributed by atoms with E-state index in [4.69, 9.17) is 0 Å². The van der Waals surface area contributed by atoms with Gasteiger partial charge in [0.15, 0.2) is 0 Å². The molecule has 4 rings (SSSR count). The molecule has 0 aromatic heterocycles. The molecule has 0 aromatic carbocycles. The molecule has 0 aromatic rings. The van der Waals surface area contributed by atoms with Crippen LogP contribution >= 0.6 is 0 Å². The topological polar surface area (TPSA) is 34.1 Å². The van der Waals surface area contributed by atoms with Crippen LogP contribution in [-0.4, -0.2) is 11.6 Å². The molecule has 0 saturated heterocycles. The van der Waals surface area contributed by atoms with Gasteiger partial charge in [-0.05, 0) is 49.4 Å². The summed E-state index contributed by atoms with van der Waals surface area (Å²) in [4.78, 5) is 25.6. The highest BCUT2D eigenvalue weighted by atomic mass is 16.1. The summed E-state index contributed by atoms with van der Waals surface area (Å²) in [6.07, 6.45) is 16.9. The van der Waals surface area contributed by atoms with Crippen molar-refractivity contribution in [1.82, 2.24) is 0 Å². The van der Waals surface area contributed by atoms with E-state index in [2.05, 4.69) is 0 Å². The first kappa shape index (κ1) is 14.9. The Morgan fingerprint density at radius 2 is 1.09 bits per heavy atom. The van der Waals surface area contributed by atoms with Crippen LogP contribution in [0.2, 0.25) is 0 Å². The maximum atomic E-state index is 13.0. The Morgan fingerprint density at radius 3 is 1.64 bits per heavy atom. The van der Waals surface area contributed by atoms with Crippen molar-refractivity contribution in [3.05, 3.63) is 0 Å². The third kappa shape index (κ3) is 2.37. The Kier molecular flexibility index (Phi) is 3.51. The largest absolute Gasteiger partial charge is 0.300 e.